The molecule has 88 valence electrons. The van der Waals surface area contributed by atoms with Crippen LogP contribution < -0.4 is 5.73 Å². The van der Waals surface area contributed by atoms with E-state index in [0.717, 1.165) is 18.7 Å². The Morgan fingerprint density at radius 1 is 1.00 bits per heavy atom. The summed E-state index contributed by atoms with van der Waals surface area (Å²) in [5, 5.41) is 0. The van der Waals surface area contributed by atoms with Crippen molar-refractivity contribution in [3.8, 4) is 0 Å². The van der Waals surface area contributed by atoms with Gasteiger partial charge in [0.1, 0.15) is 0 Å². The first kappa shape index (κ1) is 11.5. The molecule has 1 fully saturated rings. The van der Waals surface area contributed by atoms with Crippen LogP contribution in [0.1, 0.15) is 31.2 Å². The van der Waals surface area contributed by atoms with Gasteiger partial charge in [-0.2, -0.15) is 0 Å². The number of rotatable bonds is 3. The Balaban J connectivity index is 1.84. The van der Waals surface area contributed by atoms with E-state index in [1.165, 1.54) is 44.3 Å². The van der Waals surface area contributed by atoms with Gasteiger partial charge in [0.15, 0.2) is 0 Å². The first-order chi connectivity index (χ1) is 7.86. The van der Waals surface area contributed by atoms with Gasteiger partial charge in [-0.3, -0.25) is 0 Å². The largest absolute Gasteiger partial charge is 0.399 e. The van der Waals surface area contributed by atoms with Gasteiger partial charge in [0.25, 0.3) is 0 Å². The average Bonchev–Trinajstić information content (AvgIpc) is 2.56. The molecule has 0 unspecified atom stereocenters. The van der Waals surface area contributed by atoms with Crippen LogP contribution in [0.4, 0.5) is 5.69 Å². The minimum atomic E-state index is 0.942. The highest BCUT2D eigenvalue weighted by molar-refractivity contribution is 5.46. The van der Waals surface area contributed by atoms with Crippen LogP contribution in [0, 0.1) is 0 Å². The normalized spacial score (nSPS) is 18.2. The molecule has 2 N–H and O–H groups in total. The lowest BCUT2D eigenvalue weighted by atomic mass is 10.1. The van der Waals surface area contributed by atoms with Crippen LogP contribution in [-0.2, 0) is 6.42 Å². The third-order valence-corrected chi connectivity index (χ3v) is 3.45. The van der Waals surface area contributed by atoms with Crippen LogP contribution in [-0.4, -0.2) is 24.5 Å². The van der Waals surface area contributed by atoms with Crippen molar-refractivity contribution >= 4 is 5.69 Å². The van der Waals surface area contributed by atoms with E-state index in [2.05, 4.69) is 17.0 Å². The second kappa shape index (κ2) is 5.90. The fraction of sp³-hybridized carbons (Fsp3) is 0.571. The maximum atomic E-state index is 5.95. The number of likely N-dealkylation sites (tertiary alicyclic amines) is 1. The minimum Gasteiger partial charge on any atom is -0.399 e. The number of para-hydroxylation sites is 1. The van der Waals surface area contributed by atoms with E-state index in [4.69, 9.17) is 5.73 Å². The molecule has 0 bridgehead atoms. The SMILES string of the molecule is Nc1ccccc1CCN1CCCCCC1. The molecular weight excluding hydrogens is 196 g/mol. The first-order valence-corrected chi connectivity index (χ1v) is 6.42. The summed E-state index contributed by atoms with van der Waals surface area (Å²) in [6.07, 6.45) is 6.63. The lowest BCUT2D eigenvalue weighted by Crippen LogP contribution is -2.27. The van der Waals surface area contributed by atoms with Crippen LogP contribution in [0.5, 0.6) is 0 Å². The number of hydrogen-bond donors (Lipinski definition) is 1. The van der Waals surface area contributed by atoms with E-state index in [1.54, 1.807) is 0 Å². The number of anilines is 1. The van der Waals surface area contributed by atoms with Gasteiger partial charge in [0.05, 0.1) is 0 Å². The lowest BCUT2D eigenvalue weighted by Gasteiger charge is -2.19. The van der Waals surface area contributed by atoms with Crippen molar-refractivity contribution in [2.75, 3.05) is 25.4 Å². The highest BCUT2D eigenvalue weighted by Crippen LogP contribution is 2.14. The van der Waals surface area contributed by atoms with Crippen LogP contribution in [0.25, 0.3) is 0 Å². The monoisotopic (exact) mass is 218 g/mol. The Morgan fingerprint density at radius 3 is 2.38 bits per heavy atom. The van der Waals surface area contributed by atoms with E-state index >= 15 is 0 Å². The number of nitrogens with two attached hydrogens (primary N) is 1. The van der Waals surface area contributed by atoms with E-state index in [9.17, 15) is 0 Å². The second-order valence-corrected chi connectivity index (χ2v) is 4.70. The summed E-state index contributed by atoms with van der Waals surface area (Å²) in [7, 11) is 0. The maximum Gasteiger partial charge on any atom is 0.0347 e. The van der Waals surface area contributed by atoms with Crippen molar-refractivity contribution < 1.29 is 0 Å². The van der Waals surface area contributed by atoms with E-state index in [1.807, 2.05) is 12.1 Å². The smallest absolute Gasteiger partial charge is 0.0347 e. The van der Waals surface area contributed by atoms with Gasteiger partial charge in [-0.15, -0.1) is 0 Å². The topological polar surface area (TPSA) is 29.3 Å². The van der Waals surface area contributed by atoms with Crippen LogP contribution in [0.3, 0.4) is 0 Å². The molecule has 1 aromatic rings. The van der Waals surface area contributed by atoms with E-state index in [-0.39, 0.29) is 0 Å². The van der Waals surface area contributed by atoms with Crippen LogP contribution in [0.15, 0.2) is 24.3 Å². The van der Waals surface area contributed by atoms with Gasteiger partial charge in [0, 0.05) is 12.2 Å². The number of benzene rings is 1. The van der Waals surface area contributed by atoms with Crippen LogP contribution >= 0.6 is 0 Å². The summed E-state index contributed by atoms with van der Waals surface area (Å²) in [5.41, 5.74) is 8.19. The molecule has 0 radical (unpaired) electrons. The second-order valence-electron chi connectivity index (χ2n) is 4.70. The molecule has 2 nitrogen and oxygen atoms in total. The molecule has 1 aliphatic rings. The molecular formula is C14H22N2. The Bertz CT molecular complexity index is 314. The standard InChI is InChI=1S/C14H22N2/c15-14-8-4-3-7-13(14)9-12-16-10-5-1-2-6-11-16/h3-4,7-8H,1-2,5-6,9-12,15H2. The van der Waals surface area contributed by atoms with Crippen molar-refractivity contribution in [2.24, 2.45) is 0 Å². The molecule has 0 aliphatic carbocycles. The zero-order valence-electron chi connectivity index (χ0n) is 9.99. The fourth-order valence-electron chi connectivity index (χ4n) is 2.40. The van der Waals surface area contributed by atoms with Gasteiger partial charge in [-0.05, 0) is 44.0 Å². The highest BCUT2D eigenvalue weighted by Gasteiger charge is 2.09. The van der Waals surface area contributed by atoms with Crippen molar-refractivity contribution in [1.29, 1.82) is 0 Å². The highest BCUT2D eigenvalue weighted by atomic mass is 15.1. The zero-order chi connectivity index (χ0) is 11.2. The number of nitrogen functional groups attached to an aromatic ring is 1. The fourth-order valence-corrected chi connectivity index (χ4v) is 2.40. The van der Waals surface area contributed by atoms with Gasteiger partial charge >= 0.3 is 0 Å². The van der Waals surface area contributed by atoms with Gasteiger partial charge in [0.2, 0.25) is 0 Å². The number of hydrogen-bond acceptors (Lipinski definition) is 2. The predicted molar refractivity (Wildman–Crippen MR) is 69.5 cm³/mol. The lowest BCUT2D eigenvalue weighted by molar-refractivity contribution is 0.289. The summed E-state index contributed by atoms with van der Waals surface area (Å²) in [4.78, 5) is 2.58. The molecule has 1 heterocycles. The summed E-state index contributed by atoms with van der Waals surface area (Å²) in [6.45, 7) is 3.70. The van der Waals surface area contributed by atoms with Gasteiger partial charge in [-0.25, -0.2) is 0 Å². The quantitative estimate of drug-likeness (QED) is 0.790. The Morgan fingerprint density at radius 2 is 1.69 bits per heavy atom. The van der Waals surface area contributed by atoms with E-state index in [0.29, 0.717) is 0 Å². The summed E-state index contributed by atoms with van der Waals surface area (Å²) < 4.78 is 0. The molecule has 2 rings (SSSR count). The average molecular weight is 218 g/mol. The molecule has 2 heteroatoms. The first-order valence-electron chi connectivity index (χ1n) is 6.42. The van der Waals surface area contributed by atoms with Crippen molar-refractivity contribution in [2.45, 2.75) is 32.1 Å². The Labute approximate surface area is 98.4 Å². The minimum absolute atomic E-state index is 0.942. The molecule has 1 aliphatic heterocycles. The molecule has 0 spiro atoms. The summed E-state index contributed by atoms with van der Waals surface area (Å²) in [6, 6.07) is 8.23. The Hall–Kier alpha value is -1.02. The zero-order valence-corrected chi connectivity index (χ0v) is 9.99. The third kappa shape index (κ3) is 3.24. The number of nitrogens with zero attached hydrogens (tertiary/aromatic N) is 1. The van der Waals surface area contributed by atoms with Crippen molar-refractivity contribution in [1.82, 2.24) is 4.90 Å². The molecule has 1 saturated heterocycles. The molecule has 0 atom stereocenters. The molecule has 0 aromatic heterocycles. The maximum absolute atomic E-state index is 5.95. The Kier molecular flexibility index (Phi) is 4.23. The predicted octanol–water partition coefficient (Wildman–Crippen LogP) is 2.69. The third-order valence-electron chi connectivity index (χ3n) is 3.45. The van der Waals surface area contributed by atoms with E-state index < -0.39 is 0 Å². The van der Waals surface area contributed by atoms with Crippen molar-refractivity contribution in [3.63, 3.8) is 0 Å². The van der Waals surface area contributed by atoms with Crippen molar-refractivity contribution in [3.05, 3.63) is 29.8 Å². The molecule has 16 heavy (non-hydrogen) atoms. The molecule has 0 saturated carbocycles. The van der Waals surface area contributed by atoms with Gasteiger partial charge < -0.3 is 10.6 Å². The summed E-state index contributed by atoms with van der Waals surface area (Å²) >= 11 is 0. The molecule has 0 amide bonds. The van der Waals surface area contributed by atoms with Crippen LogP contribution in [0.2, 0.25) is 0 Å². The molecule has 1 aromatic carbocycles. The van der Waals surface area contributed by atoms with Gasteiger partial charge in [-0.1, -0.05) is 31.0 Å². The summed E-state index contributed by atoms with van der Waals surface area (Å²) in [5.74, 6) is 0.